The van der Waals surface area contributed by atoms with Crippen LogP contribution in [-0.2, 0) is 0 Å². The highest BCUT2D eigenvalue weighted by Gasteiger charge is 1.98. The number of benzene rings is 2. The summed E-state index contributed by atoms with van der Waals surface area (Å²) < 4.78 is 0. The van der Waals surface area contributed by atoms with E-state index in [1.165, 1.54) is 11.1 Å². The minimum absolute atomic E-state index is 0.956. The zero-order valence-corrected chi connectivity index (χ0v) is 12.3. The van der Waals surface area contributed by atoms with Crippen LogP contribution in [0.15, 0.2) is 91.1 Å². The number of pyridine rings is 1. The molecule has 22 heavy (non-hydrogen) atoms. The zero-order valence-electron chi connectivity index (χ0n) is 12.3. The first-order valence-corrected chi connectivity index (χ1v) is 7.33. The summed E-state index contributed by atoms with van der Waals surface area (Å²) in [5.41, 5.74) is 4.50. The van der Waals surface area contributed by atoms with Gasteiger partial charge >= 0.3 is 0 Å². The van der Waals surface area contributed by atoms with Gasteiger partial charge in [-0.25, -0.2) is 0 Å². The Bertz CT molecular complexity index is 757. The van der Waals surface area contributed by atoms with Gasteiger partial charge in [0.2, 0.25) is 0 Å². The average molecular weight is 283 g/mol. The van der Waals surface area contributed by atoms with E-state index in [0.717, 1.165) is 11.3 Å². The second kappa shape index (κ2) is 7.19. The van der Waals surface area contributed by atoms with Crippen molar-refractivity contribution in [2.45, 2.75) is 0 Å². The van der Waals surface area contributed by atoms with Gasteiger partial charge in [0.25, 0.3) is 0 Å². The highest BCUT2D eigenvalue weighted by Crippen LogP contribution is 2.20. The number of hydrogen-bond acceptors (Lipinski definition) is 1. The number of allylic oxidation sites excluding steroid dienone is 2. The minimum atomic E-state index is 0.956. The van der Waals surface area contributed by atoms with Gasteiger partial charge in [-0.1, -0.05) is 72.8 Å². The van der Waals surface area contributed by atoms with Crippen molar-refractivity contribution in [2.24, 2.45) is 0 Å². The lowest BCUT2D eigenvalue weighted by Gasteiger charge is -2.03. The summed E-state index contributed by atoms with van der Waals surface area (Å²) in [5.74, 6) is 0. The van der Waals surface area contributed by atoms with Gasteiger partial charge in [0, 0.05) is 6.20 Å². The molecule has 0 spiro atoms. The fourth-order valence-electron chi connectivity index (χ4n) is 2.24. The lowest BCUT2D eigenvalue weighted by atomic mass is 10.0. The first-order valence-electron chi connectivity index (χ1n) is 7.33. The van der Waals surface area contributed by atoms with Crippen LogP contribution in [0.4, 0.5) is 0 Å². The van der Waals surface area contributed by atoms with Gasteiger partial charge in [-0.2, -0.15) is 0 Å². The van der Waals surface area contributed by atoms with Crippen LogP contribution >= 0.6 is 0 Å². The van der Waals surface area contributed by atoms with Gasteiger partial charge in [-0.3, -0.25) is 4.98 Å². The molecule has 0 N–H and O–H groups in total. The molecular formula is C21H17N. The molecule has 0 aliphatic heterocycles. The van der Waals surface area contributed by atoms with Crippen LogP contribution in [0.3, 0.4) is 0 Å². The van der Waals surface area contributed by atoms with Gasteiger partial charge < -0.3 is 0 Å². The van der Waals surface area contributed by atoms with Crippen LogP contribution < -0.4 is 0 Å². The van der Waals surface area contributed by atoms with E-state index in [1.54, 1.807) is 0 Å². The van der Waals surface area contributed by atoms with Crippen molar-refractivity contribution in [1.82, 2.24) is 4.98 Å². The molecule has 0 unspecified atom stereocenters. The average Bonchev–Trinajstić information content (AvgIpc) is 2.61. The van der Waals surface area contributed by atoms with Crippen LogP contribution in [-0.4, -0.2) is 4.98 Å². The Morgan fingerprint density at radius 1 is 0.727 bits per heavy atom. The van der Waals surface area contributed by atoms with Gasteiger partial charge in [0.05, 0.1) is 5.69 Å². The molecule has 0 aliphatic carbocycles. The molecule has 0 saturated heterocycles. The summed E-state index contributed by atoms with van der Waals surface area (Å²) in [6, 6.07) is 26.7. The summed E-state index contributed by atoms with van der Waals surface area (Å²) in [6.07, 6.45) is 8.16. The monoisotopic (exact) mass is 283 g/mol. The molecule has 0 aliphatic rings. The number of nitrogens with zero attached hydrogens (tertiary/aromatic N) is 1. The predicted molar refractivity (Wildman–Crippen MR) is 94.0 cm³/mol. The van der Waals surface area contributed by atoms with E-state index in [1.807, 2.05) is 42.6 Å². The summed E-state index contributed by atoms with van der Waals surface area (Å²) in [5, 5.41) is 0. The SMILES string of the molecule is C(=C/c1ccccn1)/C(=C\c1ccccc1)c1ccccc1. The first-order chi connectivity index (χ1) is 10.9. The van der Waals surface area contributed by atoms with Crippen LogP contribution in [0.25, 0.3) is 17.7 Å². The quantitative estimate of drug-likeness (QED) is 0.465. The maximum atomic E-state index is 4.34. The van der Waals surface area contributed by atoms with Crippen molar-refractivity contribution < 1.29 is 0 Å². The third-order valence-electron chi connectivity index (χ3n) is 3.35. The molecule has 106 valence electrons. The largest absolute Gasteiger partial charge is 0.257 e. The normalized spacial score (nSPS) is 11.7. The zero-order chi connectivity index (χ0) is 15.0. The van der Waals surface area contributed by atoms with Crippen LogP contribution in [0.1, 0.15) is 16.8 Å². The van der Waals surface area contributed by atoms with E-state index in [4.69, 9.17) is 0 Å². The molecule has 0 fully saturated rings. The van der Waals surface area contributed by atoms with Gasteiger partial charge in [-0.05, 0) is 41.0 Å². The first kappa shape index (κ1) is 14.0. The van der Waals surface area contributed by atoms with Crippen LogP contribution in [0.5, 0.6) is 0 Å². The van der Waals surface area contributed by atoms with E-state index in [-0.39, 0.29) is 0 Å². The molecule has 2 aromatic carbocycles. The maximum Gasteiger partial charge on any atom is 0.0629 e. The van der Waals surface area contributed by atoms with Crippen molar-refractivity contribution in [3.05, 3.63) is 108 Å². The van der Waals surface area contributed by atoms with E-state index >= 15 is 0 Å². The molecule has 0 radical (unpaired) electrons. The fraction of sp³-hybridized carbons (Fsp3) is 0. The Labute approximate surface area is 131 Å². The Morgan fingerprint density at radius 3 is 2.09 bits per heavy atom. The molecule has 1 aromatic heterocycles. The van der Waals surface area contributed by atoms with E-state index in [9.17, 15) is 0 Å². The molecule has 0 atom stereocenters. The Morgan fingerprint density at radius 2 is 1.41 bits per heavy atom. The van der Waals surface area contributed by atoms with Gasteiger partial charge in [-0.15, -0.1) is 0 Å². The standard InChI is InChI=1S/C21H17N/c1-3-9-18(10-4-1)17-20(19-11-5-2-6-12-19)14-15-21-13-7-8-16-22-21/h1-17H/b15-14-,20-17+. The van der Waals surface area contributed by atoms with Crippen molar-refractivity contribution >= 4 is 17.7 Å². The Kier molecular flexibility index (Phi) is 4.58. The Balaban J connectivity index is 1.97. The number of hydrogen-bond donors (Lipinski definition) is 0. The molecule has 1 heterocycles. The summed E-state index contributed by atoms with van der Waals surface area (Å²) >= 11 is 0. The van der Waals surface area contributed by atoms with E-state index in [0.29, 0.717) is 0 Å². The summed E-state index contributed by atoms with van der Waals surface area (Å²) in [4.78, 5) is 4.34. The molecular weight excluding hydrogens is 266 g/mol. The number of rotatable bonds is 4. The fourth-order valence-corrected chi connectivity index (χ4v) is 2.24. The Hall–Kier alpha value is -2.93. The van der Waals surface area contributed by atoms with Crippen LogP contribution in [0, 0.1) is 0 Å². The summed E-state index contributed by atoms with van der Waals surface area (Å²) in [6.45, 7) is 0. The minimum Gasteiger partial charge on any atom is -0.257 e. The van der Waals surface area contributed by atoms with Gasteiger partial charge in [0.15, 0.2) is 0 Å². The molecule has 0 amide bonds. The highest BCUT2D eigenvalue weighted by atomic mass is 14.6. The lowest BCUT2D eigenvalue weighted by Crippen LogP contribution is -1.82. The second-order valence-electron chi connectivity index (χ2n) is 4.96. The van der Waals surface area contributed by atoms with Gasteiger partial charge in [0.1, 0.15) is 0 Å². The van der Waals surface area contributed by atoms with Crippen molar-refractivity contribution in [2.75, 3.05) is 0 Å². The van der Waals surface area contributed by atoms with Crippen LogP contribution in [0.2, 0.25) is 0 Å². The maximum absolute atomic E-state index is 4.34. The molecule has 3 aromatic rings. The van der Waals surface area contributed by atoms with E-state index in [2.05, 4.69) is 65.7 Å². The third kappa shape index (κ3) is 3.80. The second-order valence-corrected chi connectivity index (χ2v) is 4.96. The molecule has 0 bridgehead atoms. The third-order valence-corrected chi connectivity index (χ3v) is 3.35. The summed E-state index contributed by atoms with van der Waals surface area (Å²) in [7, 11) is 0. The molecule has 1 heteroatoms. The number of aromatic nitrogens is 1. The molecule has 1 nitrogen and oxygen atoms in total. The topological polar surface area (TPSA) is 12.9 Å². The van der Waals surface area contributed by atoms with E-state index < -0.39 is 0 Å². The molecule has 3 rings (SSSR count). The van der Waals surface area contributed by atoms with Crippen molar-refractivity contribution in [1.29, 1.82) is 0 Å². The molecule has 0 saturated carbocycles. The van der Waals surface area contributed by atoms with Crippen molar-refractivity contribution in [3.8, 4) is 0 Å². The highest BCUT2D eigenvalue weighted by molar-refractivity contribution is 5.89. The predicted octanol–water partition coefficient (Wildman–Crippen LogP) is 5.34. The smallest absolute Gasteiger partial charge is 0.0629 e. The lowest BCUT2D eigenvalue weighted by molar-refractivity contribution is 1.30. The van der Waals surface area contributed by atoms with Crippen molar-refractivity contribution in [3.63, 3.8) is 0 Å².